The van der Waals surface area contributed by atoms with E-state index in [1.807, 2.05) is 50.4 Å². The predicted octanol–water partition coefficient (Wildman–Crippen LogP) is 3.46. The molecule has 2 aromatic carbocycles. The summed E-state index contributed by atoms with van der Waals surface area (Å²) in [5.74, 6) is -0.908. The topological polar surface area (TPSA) is 76.0 Å². The van der Waals surface area contributed by atoms with Crippen LogP contribution in [-0.2, 0) is 16.1 Å². The van der Waals surface area contributed by atoms with Gasteiger partial charge in [0.2, 0.25) is 11.8 Å². The van der Waals surface area contributed by atoms with Gasteiger partial charge >= 0.3 is 0 Å². The molecule has 6 nitrogen and oxygen atoms in total. The molecule has 2 amide bonds. The van der Waals surface area contributed by atoms with Crippen molar-refractivity contribution < 1.29 is 14.0 Å². The fraction of sp³-hybridized carbons (Fsp3) is 0.261. The molecule has 0 aliphatic rings. The Bertz CT molecular complexity index is 1010. The molecule has 30 heavy (non-hydrogen) atoms. The van der Waals surface area contributed by atoms with Gasteiger partial charge in [-0.15, -0.1) is 0 Å². The number of hydrogen-bond donors (Lipinski definition) is 2. The molecule has 0 bridgehead atoms. The lowest BCUT2D eigenvalue weighted by atomic mass is 10.0. The molecule has 0 radical (unpaired) electrons. The minimum Gasteiger partial charge on any atom is -0.350 e. The zero-order valence-electron chi connectivity index (χ0n) is 17.2. The van der Waals surface area contributed by atoms with E-state index in [1.54, 1.807) is 16.8 Å². The first-order chi connectivity index (χ1) is 14.3. The highest BCUT2D eigenvalue weighted by atomic mass is 19.1. The van der Waals surface area contributed by atoms with Gasteiger partial charge in [-0.3, -0.25) is 9.59 Å². The molecule has 0 aliphatic heterocycles. The van der Waals surface area contributed by atoms with Crippen molar-refractivity contribution >= 4 is 11.8 Å². The molecule has 3 rings (SSSR count). The number of benzene rings is 2. The molecule has 7 heteroatoms. The van der Waals surface area contributed by atoms with E-state index < -0.39 is 6.04 Å². The summed E-state index contributed by atoms with van der Waals surface area (Å²) < 4.78 is 15.1. The van der Waals surface area contributed by atoms with Crippen LogP contribution in [0.25, 0.3) is 16.9 Å². The third-order valence-electron chi connectivity index (χ3n) is 4.69. The molecule has 1 unspecified atom stereocenters. The fourth-order valence-corrected chi connectivity index (χ4v) is 3.15. The number of hydrogen-bond acceptors (Lipinski definition) is 3. The quantitative estimate of drug-likeness (QED) is 0.629. The Balaban J connectivity index is 1.88. The predicted molar refractivity (Wildman–Crippen MR) is 113 cm³/mol. The van der Waals surface area contributed by atoms with Gasteiger partial charge < -0.3 is 10.6 Å². The van der Waals surface area contributed by atoms with Crippen LogP contribution >= 0.6 is 0 Å². The maximum atomic E-state index is 13.4. The summed E-state index contributed by atoms with van der Waals surface area (Å²) >= 11 is 0. The molecule has 1 atom stereocenters. The number of para-hydroxylation sites is 1. The molecule has 156 valence electrons. The summed E-state index contributed by atoms with van der Waals surface area (Å²) in [7, 11) is 0. The summed E-state index contributed by atoms with van der Waals surface area (Å²) in [6, 6.07) is 15.1. The van der Waals surface area contributed by atoms with Crippen LogP contribution in [0.3, 0.4) is 0 Å². The number of carbonyl (C=O) groups excluding carboxylic acids is 2. The second kappa shape index (κ2) is 9.35. The molecule has 1 heterocycles. The van der Waals surface area contributed by atoms with Crippen molar-refractivity contribution in [1.29, 1.82) is 0 Å². The van der Waals surface area contributed by atoms with Crippen LogP contribution in [0.4, 0.5) is 4.39 Å². The SMILES string of the molecule is CC(=O)NC(C(=O)NCc1cn(-c2ccccc2)nc1-c1ccc(F)cc1)C(C)C. The van der Waals surface area contributed by atoms with Crippen molar-refractivity contribution in [2.75, 3.05) is 0 Å². The molecule has 3 aromatic rings. The fourth-order valence-electron chi connectivity index (χ4n) is 3.15. The van der Waals surface area contributed by atoms with Gasteiger partial charge in [0.05, 0.1) is 11.4 Å². The first kappa shape index (κ1) is 21.2. The van der Waals surface area contributed by atoms with Crippen LogP contribution in [0.1, 0.15) is 26.3 Å². The number of carbonyl (C=O) groups is 2. The Kier molecular flexibility index (Phi) is 6.61. The van der Waals surface area contributed by atoms with E-state index in [0.717, 1.165) is 16.8 Å². The van der Waals surface area contributed by atoms with Crippen molar-refractivity contribution in [3.05, 3.63) is 72.2 Å². The zero-order chi connectivity index (χ0) is 21.7. The van der Waals surface area contributed by atoms with Gasteiger partial charge in [0.25, 0.3) is 0 Å². The number of halogens is 1. The second-order valence-electron chi connectivity index (χ2n) is 7.43. The van der Waals surface area contributed by atoms with Crippen LogP contribution in [0.15, 0.2) is 60.8 Å². The summed E-state index contributed by atoms with van der Waals surface area (Å²) in [4.78, 5) is 24.1. The van der Waals surface area contributed by atoms with E-state index in [-0.39, 0.29) is 30.1 Å². The molecule has 0 aliphatic carbocycles. The van der Waals surface area contributed by atoms with Gasteiger partial charge in [0.1, 0.15) is 11.9 Å². The van der Waals surface area contributed by atoms with Crippen LogP contribution in [0.5, 0.6) is 0 Å². The standard InChI is InChI=1S/C23H25FN4O2/c1-15(2)21(26-16(3)29)23(30)25-13-18-14-28(20-7-5-4-6-8-20)27-22(18)17-9-11-19(24)12-10-17/h4-12,14-15,21H,13H2,1-3H3,(H,25,30)(H,26,29). The lowest BCUT2D eigenvalue weighted by Crippen LogP contribution is -2.48. The summed E-state index contributed by atoms with van der Waals surface area (Å²) in [6.45, 7) is 5.36. The van der Waals surface area contributed by atoms with Gasteiger partial charge in [-0.25, -0.2) is 9.07 Å². The summed E-state index contributed by atoms with van der Waals surface area (Å²) in [6.07, 6.45) is 1.84. The van der Waals surface area contributed by atoms with E-state index >= 15 is 0 Å². The largest absolute Gasteiger partial charge is 0.350 e. The summed E-state index contributed by atoms with van der Waals surface area (Å²) in [5, 5.41) is 10.2. The molecule has 0 spiro atoms. The normalized spacial score (nSPS) is 11.9. The number of nitrogens with zero attached hydrogens (tertiary/aromatic N) is 2. The van der Waals surface area contributed by atoms with E-state index in [4.69, 9.17) is 0 Å². The third-order valence-corrected chi connectivity index (χ3v) is 4.69. The molecular weight excluding hydrogens is 383 g/mol. The van der Waals surface area contributed by atoms with Crippen LogP contribution in [-0.4, -0.2) is 27.6 Å². The average Bonchev–Trinajstić information content (AvgIpc) is 3.15. The van der Waals surface area contributed by atoms with Crippen molar-refractivity contribution in [2.45, 2.75) is 33.4 Å². The van der Waals surface area contributed by atoms with Crippen molar-refractivity contribution in [1.82, 2.24) is 20.4 Å². The Morgan fingerprint density at radius 1 is 1.07 bits per heavy atom. The minimum atomic E-state index is -0.624. The molecule has 0 saturated carbocycles. The zero-order valence-corrected chi connectivity index (χ0v) is 17.2. The van der Waals surface area contributed by atoms with Gasteiger partial charge in [-0.2, -0.15) is 5.10 Å². The number of rotatable bonds is 7. The monoisotopic (exact) mass is 408 g/mol. The maximum absolute atomic E-state index is 13.4. The van der Waals surface area contributed by atoms with Gasteiger partial charge in [-0.1, -0.05) is 32.0 Å². The van der Waals surface area contributed by atoms with Crippen LogP contribution in [0.2, 0.25) is 0 Å². The smallest absolute Gasteiger partial charge is 0.243 e. The molecular formula is C23H25FN4O2. The van der Waals surface area contributed by atoms with Crippen molar-refractivity contribution in [3.8, 4) is 16.9 Å². The average molecular weight is 408 g/mol. The second-order valence-corrected chi connectivity index (χ2v) is 7.43. The van der Waals surface area contributed by atoms with Gasteiger partial charge in [-0.05, 0) is 42.3 Å². The van der Waals surface area contributed by atoms with Crippen molar-refractivity contribution in [2.24, 2.45) is 5.92 Å². The Morgan fingerprint density at radius 2 is 1.73 bits per heavy atom. The first-order valence-corrected chi connectivity index (χ1v) is 9.80. The third kappa shape index (κ3) is 5.11. The highest BCUT2D eigenvalue weighted by Crippen LogP contribution is 2.24. The minimum absolute atomic E-state index is 0.0579. The Morgan fingerprint density at radius 3 is 2.33 bits per heavy atom. The van der Waals surface area contributed by atoms with E-state index in [1.165, 1.54) is 19.1 Å². The Hall–Kier alpha value is -3.48. The van der Waals surface area contributed by atoms with E-state index in [2.05, 4.69) is 15.7 Å². The first-order valence-electron chi connectivity index (χ1n) is 9.80. The van der Waals surface area contributed by atoms with Gasteiger partial charge in [0.15, 0.2) is 0 Å². The lowest BCUT2D eigenvalue weighted by Gasteiger charge is -2.20. The van der Waals surface area contributed by atoms with E-state index in [0.29, 0.717) is 5.69 Å². The maximum Gasteiger partial charge on any atom is 0.243 e. The molecule has 2 N–H and O–H groups in total. The van der Waals surface area contributed by atoms with E-state index in [9.17, 15) is 14.0 Å². The van der Waals surface area contributed by atoms with Crippen LogP contribution < -0.4 is 10.6 Å². The number of nitrogens with one attached hydrogen (secondary N) is 2. The number of aromatic nitrogens is 2. The van der Waals surface area contributed by atoms with Crippen molar-refractivity contribution in [3.63, 3.8) is 0 Å². The molecule has 0 saturated heterocycles. The van der Waals surface area contributed by atoms with Crippen LogP contribution in [0, 0.1) is 11.7 Å². The lowest BCUT2D eigenvalue weighted by molar-refractivity contribution is -0.129. The highest BCUT2D eigenvalue weighted by molar-refractivity contribution is 5.87. The number of amides is 2. The molecule has 1 aromatic heterocycles. The Labute approximate surface area is 175 Å². The highest BCUT2D eigenvalue weighted by Gasteiger charge is 2.23. The summed E-state index contributed by atoms with van der Waals surface area (Å²) in [5.41, 5.74) is 3.05. The molecule has 0 fully saturated rings. The van der Waals surface area contributed by atoms with Gasteiger partial charge in [0, 0.05) is 30.8 Å².